The molecule has 0 radical (unpaired) electrons. The van der Waals surface area contributed by atoms with E-state index in [0.717, 1.165) is 17.1 Å². The van der Waals surface area contributed by atoms with Gasteiger partial charge in [0, 0.05) is 17.1 Å². The highest BCUT2D eigenvalue weighted by Crippen LogP contribution is 2.35. The van der Waals surface area contributed by atoms with Crippen LogP contribution in [-0.4, -0.2) is 0 Å². The number of anilines is 3. The van der Waals surface area contributed by atoms with Crippen LogP contribution in [0.5, 0.6) is 0 Å². The maximum absolute atomic E-state index is 2.33. The summed E-state index contributed by atoms with van der Waals surface area (Å²) in [6.45, 7) is 12.9. The molecule has 0 spiro atoms. The number of rotatable bonds is 9. The lowest BCUT2D eigenvalue weighted by molar-refractivity contribution is 1.28. The predicted octanol–water partition coefficient (Wildman–Crippen LogP) is 13.5. The molecule has 242 valence electrons. The van der Waals surface area contributed by atoms with Crippen LogP contribution in [0.3, 0.4) is 0 Å². The standard InChI is InChI=1S/C48H45N/c1-34-25-35(2)29-43(28-34)10-7-40-13-19-46(20-14-40)49(47-21-15-41(16-22-47)8-11-44-30-36(3)26-37(4)31-44)48-23-17-42(18-24-48)9-12-45-32-38(5)27-39(6)33-45/h7-33H,1-6H3. The van der Waals surface area contributed by atoms with Crippen molar-refractivity contribution >= 4 is 53.5 Å². The molecule has 0 fully saturated rings. The molecular formula is C48H45N. The highest BCUT2D eigenvalue weighted by atomic mass is 15.1. The van der Waals surface area contributed by atoms with E-state index in [-0.39, 0.29) is 0 Å². The average Bonchev–Trinajstić information content (AvgIpc) is 3.06. The van der Waals surface area contributed by atoms with Gasteiger partial charge in [0.05, 0.1) is 0 Å². The molecule has 0 N–H and O–H groups in total. The van der Waals surface area contributed by atoms with Crippen LogP contribution in [-0.2, 0) is 0 Å². The van der Waals surface area contributed by atoms with E-state index in [1.807, 2.05) is 0 Å². The Morgan fingerprint density at radius 3 is 0.694 bits per heavy atom. The van der Waals surface area contributed by atoms with Crippen LogP contribution >= 0.6 is 0 Å². The zero-order valence-electron chi connectivity index (χ0n) is 29.5. The van der Waals surface area contributed by atoms with Crippen LogP contribution in [0.4, 0.5) is 17.1 Å². The van der Waals surface area contributed by atoms with E-state index < -0.39 is 0 Å². The fourth-order valence-electron chi connectivity index (χ4n) is 6.55. The first kappa shape index (κ1) is 33.2. The molecular weight excluding hydrogens is 591 g/mol. The van der Waals surface area contributed by atoms with E-state index in [9.17, 15) is 0 Å². The third-order valence-corrected chi connectivity index (χ3v) is 8.59. The molecule has 0 bridgehead atoms. The Kier molecular flexibility index (Phi) is 10.2. The smallest absolute Gasteiger partial charge is 0.0462 e. The number of benzene rings is 6. The predicted molar refractivity (Wildman–Crippen MR) is 216 cm³/mol. The SMILES string of the molecule is Cc1cc(C)cc(C=Cc2ccc(N(c3ccc(C=Cc4cc(C)cc(C)c4)cc3)c3ccc(C=Cc4cc(C)cc(C)c4)cc3)cc2)c1. The maximum atomic E-state index is 2.33. The van der Waals surface area contributed by atoms with Crippen molar-refractivity contribution in [1.29, 1.82) is 0 Å². The summed E-state index contributed by atoms with van der Waals surface area (Å²) >= 11 is 0. The van der Waals surface area contributed by atoms with Crippen LogP contribution in [0.2, 0.25) is 0 Å². The van der Waals surface area contributed by atoms with Crippen LogP contribution in [0.1, 0.15) is 66.8 Å². The second-order valence-electron chi connectivity index (χ2n) is 13.4. The molecule has 0 aliphatic carbocycles. The molecule has 1 nitrogen and oxygen atoms in total. The van der Waals surface area contributed by atoms with Crippen LogP contribution < -0.4 is 4.90 Å². The van der Waals surface area contributed by atoms with E-state index >= 15 is 0 Å². The van der Waals surface area contributed by atoms with Crippen molar-refractivity contribution in [2.75, 3.05) is 4.90 Å². The lowest BCUT2D eigenvalue weighted by atomic mass is 10.0. The zero-order valence-corrected chi connectivity index (χ0v) is 29.5. The number of aryl methyl sites for hydroxylation is 6. The van der Waals surface area contributed by atoms with E-state index in [1.54, 1.807) is 0 Å². The Hall–Kier alpha value is -5.66. The van der Waals surface area contributed by atoms with Crippen LogP contribution in [0.15, 0.2) is 127 Å². The Bertz CT molecular complexity index is 1830. The van der Waals surface area contributed by atoms with E-state index in [0.29, 0.717) is 0 Å². The van der Waals surface area contributed by atoms with Crippen molar-refractivity contribution < 1.29 is 0 Å². The quantitative estimate of drug-likeness (QED) is 0.143. The number of hydrogen-bond donors (Lipinski definition) is 0. The van der Waals surface area contributed by atoms with Crippen LogP contribution in [0, 0.1) is 41.5 Å². The summed E-state index contributed by atoms with van der Waals surface area (Å²) in [4.78, 5) is 2.33. The number of hydrogen-bond acceptors (Lipinski definition) is 1. The van der Waals surface area contributed by atoms with Gasteiger partial charge in [0.2, 0.25) is 0 Å². The molecule has 0 amide bonds. The fraction of sp³-hybridized carbons (Fsp3) is 0.125. The Balaban J connectivity index is 1.28. The second-order valence-corrected chi connectivity index (χ2v) is 13.4. The Labute approximate surface area is 293 Å². The van der Waals surface area contributed by atoms with Crippen molar-refractivity contribution in [3.8, 4) is 0 Å². The van der Waals surface area contributed by atoms with E-state index in [1.165, 1.54) is 66.8 Å². The lowest BCUT2D eigenvalue weighted by Crippen LogP contribution is -2.09. The summed E-state index contributed by atoms with van der Waals surface area (Å²) in [5, 5.41) is 0. The first-order chi connectivity index (χ1) is 23.7. The Morgan fingerprint density at radius 2 is 0.469 bits per heavy atom. The summed E-state index contributed by atoms with van der Waals surface area (Å²) in [7, 11) is 0. The fourth-order valence-corrected chi connectivity index (χ4v) is 6.55. The van der Waals surface area contributed by atoms with Gasteiger partial charge >= 0.3 is 0 Å². The van der Waals surface area contributed by atoms with E-state index in [2.05, 4.69) is 210 Å². The molecule has 6 aromatic carbocycles. The second kappa shape index (κ2) is 15.0. The van der Waals surface area contributed by atoms with Gasteiger partial charge in [-0.25, -0.2) is 0 Å². The lowest BCUT2D eigenvalue weighted by Gasteiger charge is -2.26. The van der Waals surface area contributed by atoms with Gasteiger partial charge < -0.3 is 4.90 Å². The minimum absolute atomic E-state index is 1.11. The highest BCUT2D eigenvalue weighted by molar-refractivity contribution is 5.80. The molecule has 1 heteroatoms. The third-order valence-electron chi connectivity index (χ3n) is 8.59. The summed E-state index contributed by atoms with van der Waals surface area (Å²) < 4.78 is 0. The first-order valence-corrected chi connectivity index (χ1v) is 17.1. The highest BCUT2D eigenvalue weighted by Gasteiger charge is 2.12. The van der Waals surface area contributed by atoms with Gasteiger partial charge in [-0.3, -0.25) is 0 Å². The van der Waals surface area contributed by atoms with Gasteiger partial charge in [0.25, 0.3) is 0 Å². The first-order valence-electron chi connectivity index (χ1n) is 17.1. The minimum Gasteiger partial charge on any atom is -0.311 e. The number of nitrogens with zero attached hydrogens (tertiary/aromatic N) is 1. The average molecular weight is 636 g/mol. The summed E-state index contributed by atoms with van der Waals surface area (Å²) in [5.74, 6) is 0. The Morgan fingerprint density at radius 1 is 0.265 bits per heavy atom. The topological polar surface area (TPSA) is 3.24 Å². The molecule has 0 aromatic heterocycles. The van der Waals surface area contributed by atoms with Crippen LogP contribution in [0.25, 0.3) is 36.5 Å². The third kappa shape index (κ3) is 9.03. The molecule has 49 heavy (non-hydrogen) atoms. The van der Waals surface area contributed by atoms with E-state index in [4.69, 9.17) is 0 Å². The maximum Gasteiger partial charge on any atom is 0.0462 e. The molecule has 0 saturated heterocycles. The minimum atomic E-state index is 1.11. The molecule has 0 heterocycles. The molecule has 6 rings (SSSR count). The van der Waals surface area contributed by atoms with Crippen molar-refractivity contribution in [2.24, 2.45) is 0 Å². The van der Waals surface area contributed by atoms with Gasteiger partial charge in [0.15, 0.2) is 0 Å². The molecule has 0 unspecified atom stereocenters. The van der Waals surface area contributed by atoms with Crippen molar-refractivity contribution in [3.05, 3.63) is 194 Å². The monoisotopic (exact) mass is 635 g/mol. The molecule has 0 aliphatic rings. The molecule has 6 aromatic rings. The van der Waals surface area contributed by atoms with Crippen molar-refractivity contribution in [2.45, 2.75) is 41.5 Å². The normalized spacial score (nSPS) is 11.6. The van der Waals surface area contributed by atoms with Gasteiger partial charge in [0.1, 0.15) is 0 Å². The largest absolute Gasteiger partial charge is 0.311 e. The summed E-state index contributed by atoms with van der Waals surface area (Å²) in [6, 6.07) is 46.4. The summed E-state index contributed by atoms with van der Waals surface area (Å²) in [6.07, 6.45) is 13.2. The molecule has 0 saturated carbocycles. The molecule has 0 atom stereocenters. The van der Waals surface area contributed by atoms with Crippen molar-refractivity contribution in [3.63, 3.8) is 0 Å². The van der Waals surface area contributed by atoms with Crippen molar-refractivity contribution in [1.82, 2.24) is 0 Å². The van der Waals surface area contributed by atoms with Gasteiger partial charge in [-0.15, -0.1) is 0 Å². The van der Waals surface area contributed by atoms with Gasteiger partial charge in [-0.2, -0.15) is 0 Å². The zero-order chi connectivity index (χ0) is 34.3. The van der Waals surface area contributed by atoms with Gasteiger partial charge in [-0.1, -0.05) is 161 Å². The molecule has 0 aliphatic heterocycles. The summed E-state index contributed by atoms with van der Waals surface area (Å²) in [5.41, 5.74) is 18.2. The van der Waals surface area contributed by atoms with Gasteiger partial charge in [-0.05, 0) is 111 Å².